The Kier molecular flexibility index (Phi) is 3.78. The number of benzene rings is 2. The van der Waals surface area contributed by atoms with Crippen LogP contribution in [-0.2, 0) is 13.2 Å². The number of fused-ring (bicyclic) bond motifs is 1. The molecule has 3 aromatic rings. The van der Waals surface area contributed by atoms with Crippen LogP contribution in [0.2, 0.25) is 0 Å². The van der Waals surface area contributed by atoms with E-state index < -0.39 is 17.8 Å². The molecule has 0 atom stereocenters. The predicted octanol–water partition coefficient (Wildman–Crippen LogP) is 3.93. The zero-order valence-corrected chi connectivity index (χ0v) is 12.9. The number of anilines is 2. The van der Waals surface area contributed by atoms with Gasteiger partial charge in [-0.2, -0.15) is 13.2 Å². The highest BCUT2D eigenvalue weighted by molar-refractivity contribution is 5.91. The highest BCUT2D eigenvalue weighted by Crippen LogP contribution is 2.39. The molecule has 0 spiro atoms. The molecule has 0 aliphatic carbocycles. The van der Waals surface area contributed by atoms with Crippen molar-refractivity contribution in [1.82, 2.24) is 9.55 Å². The van der Waals surface area contributed by atoms with Crippen LogP contribution in [0.25, 0.3) is 22.4 Å². The van der Waals surface area contributed by atoms with Crippen LogP contribution < -0.4 is 11.1 Å². The van der Waals surface area contributed by atoms with Gasteiger partial charge in [0.2, 0.25) is 0 Å². The largest absolute Gasteiger partial charge is 0.465 e. The lowest BCUT2D eigenvalue weighted by molar-refractivity contribution is -0.137. The third-order valence-corrected chi connectivity index (χ3v) is 3.76. The number of alkyl halides is 3. The molecule has 0 unspecified atom stereocenters. The molecule has 0 saturated heterocycles. The molecule has 3 rings (SSSR count). The molecule has 1 aromatic heterocycles. The number of carboxylic acid groups (broad SMARTS) is 1. The molecule has 1 amide bonds. The number of imidazole rings is 1. The highest BCUT2D eigenvalue weighted by Gasteiger charge is 2.35. The van der Waals surface area contributed by atoms with Crippen molar-refractivity contribution in [2.45, 2.75) is 6.18 Å². The van der Waals surface area contributed by atoms with E-state index >= 15 is 0 Å². The summed E-state index contributed by atoms with van der Waals surface area (Å²) < 4.78 is 42.0. The second-order valence-corrected chi connectivity index (χ2v) is 5.40. The Morgan fingerprint density at radius 1 is 1.28 bits per heavy atom. The zero-order valence-electron chi connectivity index (χ0n) is 12.9. The fraction of sp³-hybridized carbons (Fsp3) is 0.125. The van der Waals surface area contributed by atoms with Crippen LogP contribution in [0, 0.1) is 0 Å². The van der Waals surface area contributed by atoms with Crippen molar-refractivity contribution < 1.29 is 23.1 Å². The molecule has 0 aliphatic heterocycles. The number of amides is 1. The van der Waals surface area contributed by atoms with E-state index in [-0.39, 0.29) is 17.1 Å². The van der Waals surface area contributed by atoms with Gasteiger partial charge in [0.05, 0.1) is 16.8 Å². The number of aryl methyl sites for hydroxylation is 1. The third kappa shape index (κ3) is 2.95. The number of hydrogen-bond acceptors (Lipinski definition) is 3. The summed E-state index contributed by atoms with van der Waals surface area (Å²) in [5, 5.41) is 10.6. The lowest BCUT2D eigenvalue weighted by Gasteiger charge is -2.14. The molecule has 2 aromatic carbocycles. The quantitative estimate of drug-likeness (QED) is 0.611. The number of hydrogen-bond donors (Lipinski definition) is 3. The average molecular weight is 350 g/mol. The number of nitrogens with zero attached hydrogens (tertiary/aromatic N) is 2. The van der Waals surface area contributed by atoms with Gasteiger partial charge in [-0.05, 0) is 30.3 Å². The Balaban J connectivity index is 2.25. The van der Waals surface area contributed by atoms with E-state index in [2.05, 4.69) is 4.98 Å². The minimum Gasteiger partial charge on any atom is -0.465 e. The van der Waals surface area contributed by atoms with Crippen LogP contribution in [-0.4, -0.2) is 20.8 Å². The molecule has 9 heteroatoms. The summed E-state index contributed by atoms with van der Waals surface area (Å²) in [6, 6.07) is 8.19. The smallest absolute Gasteiger partial charge is 0.417 e. The first kappa shape index (κ1) is 16.6. The summed E-state index contributed by atoms with van der Waals surface area (Å²) >= 11 is 0. The van der Waals surface area contributed by atoms with Crippen LogP contribution in [0.1, 0.15) is 5.56 Å². The van der Waals surface area contributed by atoms with Crippen molar-refractivity contribution in [2.24, 2.45) is 7.05 Å². The topological polar surface area (TPSA) is 93.2 Å². The molecule has 0 fully saturated rings. The summed E-state index contributed by atoms with van der Waals surface area (Å²) in [4.78, 5) is 14.9. The van der Waals surface area contributed by atoms with Crippen molar-refractivity contribution in [2.75, 3.05) is 11.1 Å². The van der Waals surface area contributed by atoms with Gasteiger partial charge in [0, 0.05) is 18.3 Å². The molecule has 0 radical (unpaired) electrons. The van der Waals surface area contributed by atoms with Crippen molar-refractivity contribution in [3.63, 3.8) is 0 Å². The van der Waals surface area contributed by atoms with Crippen LogP contribution >= 0.6 is 0 Å². The number of carbonyl (C=O) groups is 1. The lowest BCUT2D eigenvalue weighted by atomic mass is 10.1. The van der Waals surface area contributed by atoms with Crippen molar-refractivity contribution in [3.05, 3.63) is 42.0 Å². The molecular weight excluding hydrogens is 337 g/mol. The molecule has 0 bridgehead atoms. The molecule has 130 valence electrons. The maximum atomic E-state index is 13.5. The zero-order chi connectivity index (χ0) is 18.4. The lowest BCUT2D eigenvalue weighted by Crippen LogP contribution is -2.12. The molecule has 0 saturated carbocycles. The second-order valence-electron chi connectivity index (χ2n) is 5.40. The Bertz CT molecular complexity index is 979. The first-order valence-electron chi connectivity index (χ1n) is 7.11. The summed E-state index contributed by atoms with van der Waals surface area (Å²) in [7, 11) is 1.59. The van der Waals surface area contributed by atoms with Gasteiger partial charge in [-0.25, -0.2) is 9.78 Å². The number of rotatable bonds is 2. The second kappa shape index (κ2) is 5.69. The third-order valence-electron chi connectivity index (χ3n) is 3.76. The SMILES string of the molecule is Cn1c(-c2ccc(NC(=O)O)cc2C(F)(F)F)nc2c(N)cccc21. The molecule has 25 heavy (non-hydrogen) atoms. The van der Waals surface area contributed by atoms with Gasteiger partial charge in [-0.15, -0.1) is 0 Å². The summed E-state index contributed by atoms with van der Waals surface area (Å²) in [5.41, 5.74) is 5.87. The average Bonchev–Trinajstić information content (AvgIpc) is 2.85. The van der Waals surface area contributed by atoms with Crippen molar-refractivity contribution in [1.29, 1.82) is 0 Å². The van der Waals surface area contributed by atoms with E-state index in [0.717, 1.165) is 6.07 Å². The standard InChI is InChI=1S/C16H13F3N4O2/c1-23-12-4-2-3-11(20)13(12)22-14(23)9-6-5-8(21-15(24)25)7-10(9)16(17,18)19/h2-7,21H,20H2,1H3,(H,24,25). The predicted molar refractivity (Wildman–Crippen MR) is 87.2 cm³/mol. The molecule has 0 aliphatic rings. The normalized spacial score (nSPS) is 11.7. The first-order chi connectivity index (χ1) is 11.7. The summed E-state index contributed by atoms with van der Waals surface area (Å²) in [6.45, 7) is 0. The number of nitrogens with one attached hydrogen (secondary N) is 1. The van der Waals surface area contributed by atoms with Crippen molar-refractivity contribution in [3.8, 4) is 11.4 Å². The Morgan fingerprint density at radius 3 is 2.60 bits per heavy atom. The number of halogens is 3. The number of aromatic nitrogens is 2. The number of nitrogens with two attached hydrogens (primary N) is 1. The van der Waals surface area contributed by atoms with Gasteiger partial charge >= 0.3 is 12.3 Å². The van der Waals surface area contributed by atoms with E-state index in [1.54, 1.807) is 25.2 Å². The highest BCUT2D eigenvalue weighted by atomic mass is 19.4. The van der Waals surface area contributed by atoms with E-state index in [1.165, 1.54) is 16.7 Å². The van der Waals surface area contributed by atoms with Crippen LogP contribution in [0.4, 0.5) is 29.3 Å². The van der Waals surface area contributed by atoms with Crippen LogP contribution in [0.3, 0.4) is 0 Å². The first-order valence-corrected chi connectivity index (χ1v) is 7.11. The Morgan fingerprint density at radius 2 is 2.00 bits per heavy atom. The maximum Gasteiger partial charge on any atom is 0.417 e. The number of para-hydroxylation sites is 1. The van der Waals surface area contributed by atoms with Gasteiger partial charge in [0.15, 0.2) is 0 Å². The molecular formula is C16H13F3N4O2. The molecule has 1 heterocycles. The van der Waals surface area contributed by atoms with Gasteiger partial charge in [-0.1, -0.05) is 6.07 Å². The van der Waals surface area contributed by atoms with Crippen LogP contribution in [0.5, 0.6) is 0 Å². The molecule has 6 nitrogen and oxygen atoms in total. The fourth-order valence-corrected chi connectivity index (χ4v) is 2.65. The molecule has 4 N–H and O–H groups in total. The summed E-state index contributed by atoms with van der Waals surface area (Å²) in [5.74, 6) is 0.0853. The van der Waals surface area contributed by atoms with E-state index in [1.807, 2.05) is 5.32 Å². The Hall–Kier alpha value is -3.23. The van der Waals surface area contributed by atoms with Gasteiger partial charge < -0.3 is 15.4 Å². The van der Waals surface area contributed by atoms with Gasteiger partial charge in [0.25, 0.3) is 0 Å². The van der Waals surface area contributed by atoms with E-state index in [0.29, 0.717) is 16.7 Å². The fourth-order valence-electron chi connectivity index (χ4n) is 2.65. The summed E-state index contributed by atoms with van der Waals surface area (Å²) in [6.07, 6.45) is -6.13. The minimum atomic E-state index is -4.69. The number of nitrogen functional groups attached to an aromatic ring is 1. The maximum absolute atomic E-state index is 13.5. The van der Waals surface area contributed by atoms with Crippen molar-refractivity contribution >= 4 is 28.5 Å². The van der Waals surface area contributed by atoms with E-state index in [9.17, 15) is 18.0 Å². The minimum absolute atomic E-state index is 0.0853. The van der Waals surface area contributed by atoms with Crippen LogP contribution in [0.15, 0.2) is 36.4 Å². The monoisotopic (exact) mass is 350 g/mol. The van der Waals surface area contributed by atoms with Gasteiger partial charge in [0.1, 0.15) is 11.3 Å². The van der Waals surface area contributed by atoms with E-state index in [4.69, 9.17) is 10.8 Å². The van der Waals surface area contributed by atoms with Gasteiger partial charge in [-0.3, -0.25) is 5.32 Å². The Labute approximate surface area is 139 Å².